The van der Waals surface area contributed by atoms with E-state index in [1.165, 1.54) is 19.2 Å². The smallest absolute Gasteiger partial charge is 0.270 e. The van der Waals surface area contributed by atoms with E-state index in [1.807, 2.05) is 19.0 Å². The minimum atomic E-state index is -3.76. The molecular weight excluding hydrogens is 296 g/mol. The van der Waals surface area contributed by atoms with Crippen molar-refractivity contribution in [3.05, 3.63) is 33.9 Å². The lowest BCUT2D eigenvalue weighted by molar-refractivity contribution is -0.385. The number of hydrogen-bond acceptors (Lipinski definition) is 6. The number of aryl methyl sites for hydroxylation is 1. The van der Waals surface area contributed by atoms with Crippen molar-refractivity contribution >= 4 is 15.7 Å². The molecule has 3 N–H and O–H groups in total. The van der Waals surface area contributed by atoms with Gasteiger partial charge >= 0.3 is 0 Å². The molecule has 0 aromatic heterocycles. The van der Waals surface area contributed by atoms with Crippen molar-refractivity contribution in [2.45, 2.75) is 23.9 Å². The van der Waals surface area contributed by atoms with Gasteiger partial charge in [0.2, 0.25) is 10.0 Å². The average molecular weight is 316 g/mol. The molecular formula is C12H20N4O4S. The largest absolute Gasteiger partial charge is 0.316 e. The Hall–Kier alpha value is -1.55. The molecule has 0 aliphatic rings. The maximum Gasteiger partial charge on any atom is 0.270 e. The highest BCUT2D eigenvalue weighted by molar-refractivity contribution is 7.89. The van der Waals surface area contributed by atoms with Crippen molar-refractivity contribution in [3.8, 4) is 0 Å². The van der Waals surface area contributed by atoms with Crippen LogP contribution in [0.2, 0.25) is 0 Å². The molecule has 0 aliphatic heterocycles. The third-order valence-electron chi connectivity index (χ3n) is 3.19. The second kappa shape index (κ2) is 6.94. The van der Waals surface area contributed by atoms with Gasteiger partial charge in [0.05, 0.1) is 16.0 Å². The topological polar surface area (TPSA) is 119 Å². The number of rotatable bonds is 7. The molecule has 118 valence electrons. The second-order valence-electron chi connectivity index (χ2n) is 4.83. The average Bonchev–Trinajstić information content (AvgIpc) is 2.44. The van der Waals surface area contributed by atoms with Crippen LogP contribution in [0.3, 0.4) is 0 Å². The molecule has 0 saturated heterocycles. The normalized spacial score (nSPS) is 13.4. The van der Waals surface area contributed by atoms with E-state index in [2.05, 4.69) is 4.72 Å². The number of nitrogens with two attached hydrogens (primary N) is 1. The summed E-state index contributed by atoms with van der Waals surface area (Å²) in [6, 6.07) is 3.83. The van der Waals surface area contributed by atoms with E-state index in [0.717, 1.165) is 6.07 Å². The zero-order valence-corrected chi connectivity index (χ0v) is 13.1. The molecule has 8 nitrogen and oxygen atoms in total. The molecule has 1 aromatic rings. The fourth-order valence-corrected chi connectivity index (χ4v) is 2.80. The van der Waals surface area contributed by atoms with Gasteiger partial charge in [-0.15, -0.1) is 0 Å². The van der Waals surface area contributed by atoms with Gasteiger partial charge in [0.25, 0.3) is 5.69 Å². The van der Waals surface area contributed by atoms with Gasteiger partial charge < -0.3 is 5.73 Å². The van der Waals surface area contributed by atoms with Gasteiger partial charge in [-0.05, 0) is 39.5 Å². The third kappa shape index (κ3) is 4.46. The number of hydrogen-bond donors (Lipinski definition) is 2. The molecule has 0 aliphatic carbocycles. The number of benzene rings is 1. The number of nitro benzene ring substituents is 1. The zero-order valence-electron chi connectivity index (χ0n) is 12.2. The molecule has 0 heterocycles. The van der Waals surface area contributed by atoms with E-state index in [9.17, 15) is 18.5 Å². The first kappa shape index (κ1) is 17.5. The van der Waals surface area contributed by atoms with E-state index < -0.39 is 14.9 Å². The molecule has 1 rings (SSSR count). The van der Waals surface area contributed by atoms with Crippen molar-refractivity contribution in [1.29, 1.82) is 0 Å². The lowest BCUT2D eigenvalue weighted by atomic mass is 10.1. The Morgan fingerprint density at radius 1 is 1.43 bits per heavy atom. The van der Waals surface area contributed by atoms with Gasteiger partial charge in [-0.25, -0.2) is 13.1 Å². The zero-order chi connectivity index (χ0) is 16.2. The SMILES string of the molecule is CNS(=O)(=O)c1cc([N+](=O)[O-])ccc1CCC(N)N(C)C. The van der Waals surface area contributed by atoms with Gasteiger partial charge in [0.15, 0.2) is 0 Å². The Balaban J connectivity index is 3.17. The summed E-state index contributed by atoms with van der Waals surface area (Å²) in [4.78, 5) is 11.9. The summed E-state index contributed by atoms with van der Waals surface area (Å²) in [5.74, 6) is 0. The summed E-state index contributed by atoms with van der Waals surface area (Å²) in [7, 11) is 1.16. The standard InChI is InChI=1S/C12H20N4O4S/c1-14-21(19,20)11-8-10(16(17)18)6-4-9(11)5-7-12(13)15(2)3/h4,6,8,12,14H,5,7,13H2,1-3H3. The molecule has 0 saturated carbocycles. The van der Waals surface area contributed by atoms with E-state index in [-0.39, 0.29) is 16.7 Å². The van der Waals surface area contributed by atoms with Crippen LogP contribution in [0.25, 0.3) is 0 Å². The van der Waals surface area contributed by atoms with Gasteiger partial charge in [-0.1, -0.05) is 6.07 Å². The summed E-state index contributed by atoms with van der Waals surface area (Å²) < 4.78 is 26.2. The van der Waals surface area contributed by atoms with Crippen molar-refractivity contribution < 1.29 is 13.3 Å². The van der Waals surface area contributed by atoms with Crippen LogP contribution in [0, 0.1) is 10.1 Å². The predicted molar refractivity (Wildman–Crippen MR) is 79.3 cm³/mol. The maximum atomic E-state index is 12.0. The summed E-state index contributed by atoms with van der Waals surface area (Å²) in [6.07, 6.45) is 0.732. The molecule has 9 heteroatoms. The maximum absolute atomic E-state index is 12.0. The first-order valence-electron chi connectivity index (χ1n) is 6.32. The minimum absolute atomic E-state index is 0.0786. The lowest BCUT2D eigenvalue weighted by Gasteiger charge is -2.20. The summed E-state index contributed by atoms with van der Waals surface area (Å²) in [5, 5.41) is 10.8. The minimum Gasteiger partial charge on any atom is -0.316 e. The number of nitrogens with zero attached hydrogens (tertiary/aromatic N) is 2. The van der Waals surface area contributed by atoms with E-state index in [4.69, 9.17) is 5.73 Å². The van der Waals surface area contributed by atoms with Crippen LogP contribution in [0.5, 0.6) is 0 Å². The van der Waals surface area contributed by atoms with Gasteiger partial charge in [0.1, 0.15) is 0 Å². The van der Waals surface area contributed by atoms with Crippen LogP contribution >= 0.6 is 0 Å². The third-order valence-corrected chi connectivity index (χ3v) is 4.69. The number of non-ortho nitro benzene ring substituents is 1. The Morgan fingerprint density at radius 2 is 2.05 bits per heavy atom. The van der Waals surface area contributed by atoms with Gasteiger partial charge in [-0.2, -0.15) is 0 Å². The molecule has 0 radical (unpaired) electrons. The summed E-state index contributed by atoms with van der Waals surface area (Å²) in [6.45, 7) is 0. The molecule has 1 unspecified atom stereocenters. The van der Waals surface area contributed by atoms with Crippen molar-refractivity contribution in [2.24, 2.45) is 5.73 Å². The van der Waals surface area contributed by atoms with Crippen LogP contribution in [0.1, 0.15) is 12.0 Å². The fraction of sp³-hybridized carbons (Fsp3) is 0.500. The quantitative estimate of drug-likeness (QED) is 0.424. The molecule has 21 heavy (non-hydrogen) atoms. The molecule has 0 fully saturated rings. The van der Waals surface area contributed by atoms with E-state index >= 15 is 0 Å². The first-order valence-corrected chi connectivity index (χ1v) is 7.80. The van der Waals surface area contributed by atoms with Gasteiger partial charge in [0, 0.05) is 12.1 Å². The van der Waals surface area contributed by atoms with Crippen molar-refractivity contribution in [1.82, 2.24) is 9.62 Å². The van der Waals surface area contributed by atoms with Crippen LogP contribution in [0.4, 0.5) is 5.69 Å². The lowest BCUT2D eigenvalue weighted by Crippen LogP contribution is -2.36. The highest BCUT2D eigenvalue weighted by Gasteiger charge is 2.21. The van der Waals surface area contributed by atoms with E-state index in [0.29, 0.717) is 18.4 Å². The Morgan fingerprint density at radius 3 is 2.52 bits per heavy atom. The molecule has 0 bridgehead atoms. The molecule has 0 amide bonds. The highest BCUT2D eigenvalue weighted by atomic mass is 32.2. The van der Waals surface area contributed by atoms with Crippen molar-refractivity contribution in [2.75, 3.05) is 21.1 Å². The first-order chi connectivity index (χ1) is 9.69. The van der Waals surface area contributed by atoms with Crippen LogP contribution in [-0.2, 0) is 16.4 Å². The number of sulfonamides is 1. The molecule has 1 aromatic carbocycles. The molecule has 0 spiro atoms. The number of nitro groups is 1. The van der Waals surface area contributed by atoms with Crippen LogP contribution < -0.4 is 10.5 Å². The molecule has 1 atom stereocenters. The number of nitrogens with one attached hydrogen (secondary N) is 1. The predicted octanol–water partition coefficient (Wildman–Crippen LogP) is 0.282. The Kier molecular flexibility index (Phi) is 5.78. The van der Waals surface area contributed by atoms with Crippen LogP contribution in [0.15, 0.2) is 23.1 Å². The van der Waals surface area contributed by atoms with E-state index in [1.54, 1.807) is 0 Å². The fourth-order valence-electron chi connectivity index (χ4n) is 1.79. The second-order valence-corrected chi connectivity index (χ2v) is 6.68. The van der Waals surface area contributed by atoms with Crippen LogP contribution in [-0.4, -0.2) is 45.5 Å². The Bertz CT molecular complexity index is 616. The Labute approximate surface area is 124 Å². The van der Waals surface area contributed by atoms with Gasteiger partial charge in [-0.3, -0.25) is 15.0 Å². The van der Waals surface area contributed by atoms with Crippen molar-refractivity contribution in [3.63, 3.8) is 0 Å². The summed E-state index contributed by atoms with van der Waals surface area (Å²) >= 11 is 0. The summed E-state index contributed by atoms with van der Waals surface area (Å²) in [5.41, 5.74) is 6.13. The highest BCUT2D eigenvalue weighted by Crippen LogP contribution is 2.23. The monoisotopic (exact) mass is 316 g/mol.